The molecule has 10 heteroatoms. The normalized spacial score (nSPS) is 18.4. The number of piperidine rings is 2. The first kappa shape index (κ1) is 28.9. The number of hydrogen-bond donors (Lipinski definition) is 2. The van der Waals surface area contributed by atoms with E-state index in [0.29, 0.717) is 43.4 Å². The number of hydrogen-bond acceptors (Lipinski definition) is 8. The number of amides is 2. The zero-order valence-electron chi connectivity index (χ0n) is 25.0. The van der Waals surface area contributed by atoms with Crippen LogP contribution in [0.3, 0.4) is 0 Å². The van der Waals surface area contributed by atoms with Crippen molar-refractivity contribution in [1.29, 1.82) is 0 Å². The quantitative estimate of drug-likeness (QED) is 0.366. The molecule has 4 heterocycles. The summed E-state index contributed by atoms with van der Waals surface area (Å²) < 4.78 is 0. The predicted octanol–water partition coefficient (Wildman–Crippen LogP) is 5.23. The summed E-state index contributed by atoms with van der Waals surface area (Å²) in [6.45, 7) is 8.84. The van der Waals surface area contributed by atoms with E-state index in [1.165, 1.54) is 57.8 Å². The fourth-order valence-corrected chi connectivity index (χ4v) is 6.37. The Morgan fingerprint density at radius 2 is 1.42 bits per heavy atom. The maximum absolute atomic E-state index is 12.8. The van der Waals surface area contributed by atoms with Gasteiger partial charge < -0.3 is 30.2 Å². The van der Waals surface area contributed by atoms with Crippen LogP contribution in [0.4, 0.5) is 33.6 Å². The highest BCUT2D eigenvalue weighted by Gasteiger charge is 2.26. The molecule has 226 valence electrons. The molecule has 2 aromatic carbocycles. The standard InChI is InChI=1S/C33H42N8O2/c1-25(42)26-5-7-28(8-6-26)36-33(43)41-23-21-40(22-24-41)31-13-16-34-32(37-31)35-27-9-11-29(12-10-27)39-19-14-30(15-20-39)38-17-3-2-4-18-38/h5-13,16,30H,2-4,14-15,17-24H2,1H3,(H,36,43)(H,34,35,37). The van der Waals surface area contributed by atoms with E-state index in [1.54, 1.807) is 35.4 Å². The lowest BCUT2D eigenvalue weighted by molar-refractivity contribution is 0.101. The number of piperazine rings is 1. The van der Waals surface area contributed by atoms with Crippen molar-refractivity contribution in [2.75, 3.05) is 72.8 Å². The highest BCUT2D eigenvalue weighted by molar-refractivity contribution is 5.95. The molecule has 0 saturated carbocycles. The molecule has 10 nitrogen and oxygen atoms in total. The molecule has 1 aromatic heterocycles. The Kier molecular flexibility index (Phi) is 9.02. The van der Waals surface area contributed by atoms with Crippen LogP contribution < -0.4 is 20.4 Å². The van der Waals surface area contributed by atoms with Gasteiger partial charge in [0.2, 0.25) is 5.95 Å². The van der Waals surface area contributed by atoms with Crippen LogP contribution in [0.15, 0.2) is 60.8 Å². The number of carbonyl (C=O) groups is 2. The fraction of sp³-hybridized carbons (Fsp3) is 0.455. The number of nitrogens with zero attached hydrogens (tertiary/aromatic N) is 6. The first-order valence-corrected chi connectivity index (χ1v) is 15.6. The summed E-state index contributed by atoms with van der Waals surface area (Å²) in [5.74, 6) is 1.40. The van der Waals surface area contributed by atoms with Crippen LogP contribution in [0.25, 0.3) is 0 Å². The van der Waals surface area contributed by atoms with Crippen LogP contribution >= 0.6 is 0 Å². The van der Waals surface area contributed by atoms with Crippen molar-refractivity contribution >= 4 is 40.6 Å². The van der Waals surface area contributed by atoms with E-state index in [4.69, 9.17) is 4.98 Å². The molecule has 2 amide bonds. The first-order chi connectivity index (χ1) is 21.0. The van der Waals surface area contributed by atoms with Crippen molar-refractivity contribution < 1.29 is 9.59 Å². The lowest BCUT2D eigenvalue weighted by Crippen LogP contribution is -2.50. The van der Waals surface area contributed by atoms with Gasteiger partial charge in [-0.1, -0.05) is 6.42 Å². The van der Waals surface area contributed by atoms with E-state index < -0.39 is 0 Å². The smallest absolute Gasteiger partial charge is 0.321 e. The van der Waals surface area contributed by atoms with Gasteiger partial charge in [0, 0.05) is 74.1 Å². The summed E-state index contributed by atoms with van der Waals surface area (Å²) in [7, 11) is 0. The van der Waals surface area contributed by atoms with Crippen LogP contribution in [0.1, 0.15) is 49.4 Å². The van der Waals surface area contributed by atoms with Crippen molar-refractivity contribution in [2.45, 2.75) is 45.1 Å². The number of nitrogens with one attached hydrogen (secondary N) is 2. The second-order valence-electron chi connectivity index (χ2n) is 11.8. The van der Waals surface area contributed by atoms with Crippen LogP contribution in [-0.4, -0.2) is 90.0 Å². The highest BCUT2D eigenvalue weighted by atomic mass is 16.2. The van der Waals surface area contributed by atoms with Crippen molar-refractivity contribution in [2.24, 2.45) is 0 Å². The van der Waals surface area contributed by atoms with Gasteiger partial charge in [-0.3, -0.25) is 4.79 Å². The zero-order chi connectivity index (χ0) is 29.6. The molecule has 0 radical (unpaired) electrons. The summed E-state index contributed by atoms with van der Waals surface area (Å²) in [5, 5.41) is 6.28. The van der Waals surface area contributed by atoms with E-state index in [9.17, 15) is 9.59 Å². The summed E-state index contributed by atoms with van der Waals surface area (Å²) in [5.41, 5.74) is 3.53. The molecule has 3 aliphatic heterocycles. The lowest BCUT2D eigenvalue weighted by Gasteiger charge is -2.41. The molecule has 0 aliphatic carbocycles. The van der Waals surface area contributed by atoms with Crippen LogP contribution in [0, 0.1) is 0 Å². The first-order valence-electron chi connectivity index (χ1n) is 15.6. The van der Waals surface area contributed by atoms with Gasteiger partial charge >= 0.3 is 6.03 Å². The molecular formula is C33H42N8O2. The Labute approximate surface area is 254 Å². The van der Waals surface area contributed by atoms with Gasteiger partial charge in [-0.15, -0.1) is 0 Å². The molecule has 0 atom stereocenters. The van der Waals surface area contributed by atoms with Gasteiger partial charge in [-0.05, 0) is 100 Å². The maximum Gasteiger partial charge on any atom is 0.321 e. The third-order valence-corrected chi connectivity index (χ3v) is 8.93. The number of aromatic nitrogens is 2. The Balaban J connectivity index is 0.978. The van der Waals surface area contributed by atoms with Crippen molar-refractivity contribution in [3.05, 3.63) is 66.4 Å². The zero-order valence-corrected chi connectivity index (χ0v) is 25.0. The largest absolute Gasteiger partial charge is 0.371 e. The second-order valence-corrected chi connectivity index (χ2v) is 11.8. The monoisotopic (exact) mass is 582 g/mol. The van der Waals surface area contributed by atoms with E-state index in [-0.39, 0.29) is 11.8 Å². The molecule has 0 bridgehead atoms. The molecule has 3 saturated heterocycles. The SMILES string of the molecule is CC(=O)c1ccc(NC(=O)N2CCN(c3ccnc(Nc4ccc(N5CCC(N6CCCCC6)CC5)cc4)n3)CC2)cc1. The van der Waals surface area contributed by atoms with Crippen LogP contribution in [-0.2, 0) is 0 Å². The summed E-state index contributed by atoms with van der Waals surface area (Å²) in [6, 6.07) is 18.1. The molecule has 0 unspecified atom stereocenters. The molecule has 3 aromatic rings. The lowest BCUT2D eigenvalue weighted by atomic mass is 9.99. The Morgan fingerprint density at radius 1 is 0.744 bits per heavy atom. The average Bonchev–Trinajstić information content (AvgIpc) is 3.06. The Hall–Kier alpha value is -4.18. The summed E-state index contributed by atoms with van der Waals surface area (Å²) in [6.07, 6.45) is 8.38. The highest BCUT2D eigenvalue weighted by Crippen LogP contribution is 2.27. The van der Waals surface area contributed by atoms with Crippen LogP contribution in [0.2, 0.25) is 0 Å². The molecule has 43 heavy (non-hydrogen) atoms. The third-order valence-electron chi connectivity index (χ3n) is 8.93. The number of benzene rings is 2. The Bertz CT molecular complexity index is 1370. The molecule has 0 spiro atoms. The van der Waals surface area contributed by atoms with Gasteiger partial charge in [0.05, 0.1) is 0 Å². The van der Waals surface area contributed by atoms with Crippen molar-refractivity contribution in [1.82, 2.24) is 19.8 Å². The molecular weight excluding hydrogens is 540 g/mol. The number of carbonyl (C=O) groups excluding carboxylic acids is 2. The van der Waals surface area contributed by atoms with Crippen molar-refractivity contribution in [3.63, 3.8) is 0 Å². The molecule has 2 N–H and O–H groups in total. The van der Waals surface area contributed by atoms with E-state index in [1.807, 2.05) is 6.07 Å². The van der Waals surface area contributed by atoms with E-state index in [0.717, 1.165) is 30.6 Å². The minimum Gasteiger partial charge on any atom is -0.371 e. The van der Waals surface area contributed by atoms with E-state index in [2.05, 4.69) is 54.6 Å². The minimum absolute atomic E-state index is 0.00362. The Morgan fingerprint density at radius 3 is 2.09 bits per heavy atom. The summed E-state index contributed by atoms with van der Waals surface area (Å²) >= 11 is 0. The van der Waals surface area contributed by atoms with Gasteiger partial charge in [-0.25, -0.2) is 9.78 Å². The molecule has 3 fully saturated rings. The van der Waals surface area contributed by atoms with Gasteiger partial charge in [0.1, 0.15) is 5.82 Å². The van der Waals surface area contributed by atoms with Gasteiger partial charge in [-0.2, -0.15) is 4.98 Å². The topological polar surface area (TPSA) is 96.9 Å². The number of ketones is 1. The number of rotatable bonds is 7. The average molecular weight is 583 g/mol. The number of likely N-dealkylation sites (tertiary alicyclic amines) is 1. The van der Waals surface area contributed by atoms with Gasteiger partial charge in [0.15, 0.2) is 5.78 Å². The third kappa shape index (κ3) is 7.25. The number of Topliss-reactive ketones (excluding diaryl/α,β-unsaturated/α-hetero) is 1. The maximum atomic E-state index is 12.8. The minimum atomic E-state index is -0.143. The van der Waals surface area contributed by atoms with Crippen LogP contribution in [0.5, 0.6) is 0 Å². The van der Waals surface area contributed by atoms with E-state index >= 15 is 0 Å². The fourth-order valence-electron chi connectivity index (χ4n) is 6.37. The molecule has 3 aliphatic rings. The summed E-state index contributed by atoms with van der Waals surface area (Å²) in [4.78, 5) is 42.7. The predicted molar refractivity (Wildman–Crippen MR) is 172 cm³/mol. The van der Waals surface area contributed by atoms with Gasteiger partial charge in [0.25, 0.3) is 0 Å². The molecule has 6 rings (SSSR count). The second kappa shape index (κ2) is 13.4. The van der Waals surface area contributed by atoms with Crippen molar-refractivity contribution in [3.8, 4) is 0 Å². The number of urea groups is 1. The number of anilines is 5.